The van der Waals surface area contributed by atoms with Gasteiger partial charge in [0.25, 0.3) is 5.91 Å². The number of carboxylic acids is 2. The number of nitrogens with one attached hydrogen (secondary N) is 1. The number of amides is 1. The van der Waals surface area contributed by atoms with Crippen LogP contribution in [0.1, 0.15) is 202 Å². The lowest BCUT2D eigenvalue weighted by molar-refractivity contribution is -0.142. The second kappa shape index (κ2) is 55.0. The minimum absolute atomic E-state index is 0. The van der Waals surface area contributed by atoms with Gasteiger partial charge in [0.2, 0.25) is 0 Å². The van der Waals surface area contributed by atoms with Crippen molar-refractivity contribution in [2.24, 2.45) is 11.8 Å². The molecule has 0 bridgehead atoms. The molecule has 4 N–H and O–H groups in total. The van der Waals surface area contributed by atoms with Crippen LogP contribution in [0.4, 0.5) is 26.3 Å². The van der Waals surface area contributed by atoms with Crippen molar-refractivity contribution in [2.45, 2.75) is 197 Å². The summed E-state index contributed by atoms with van der Waals surface area (Å²) in [7, 11) is 0. The first-order chi connectivity index (χ1) is 62.5. The quantitative estimate of drug-likeness (QED) is 0.0192. The maximum absolute atomic E-state index is 12.1. The summed E-state index contributed by atoms with van der Waals surface area (Å²) in [6, 6.07) is 51.5. The summed E-state index contributed by atoms with van der Waals surface area (Å²) in [6.07, 6.45) is 16.8. The zero-order chi connectivity index (χ0) is 94.9. The molecule has 14 aromatic rings. The van der Waals surface area contributed by atoms with Crippen molar-refractivity contribution >= 4 is 23.6 Å². The Labute approximate surface area is 795 Å². The van der Waals surface area contributed by atoms with E-state index in [2.05, 4.69) is 156 Å². The minimum Gasteiger partial charge on any atom is -0.508 e. The largest absolute Gasteiger partial charge is 0.508 e. The van der Waals surface area contributed by atoms with E-state index in [1.54, 1.807) is 13.0 Å². The standard InChI is InChI=1S/C25H31N3O2.C24H29N3O3.C18H19N3.C17H17N3O.C10H7F3N2O.C7H4F3NO2.5CH4/c1-18(14-21(4)29)8-7-13-30-24-10-6-5-9-23(24)17-28-20(3)15-27-25(28)22-12-11-19(2)26-16-22;1-17(13-23(28)29)7-6-12-30-22-9-5-4-8-21(22)16-27-19(3)14-26-24(27)20-11-10-18(2)25-15-20;1-13-6-4-5-7-17(13)12-21-15(3)10-20-18(21)16-9-8-14(2)19-11-16;1-12-7-8-14(10-18-12)17-19-9-13(2)20(17)11-15-5-3-4-6-16(15)21;1-2-5-14-9(16)7-3-4-8(15-6-7)10(11,12)13;8-7(9,10)5-2-1-4(3-11-5)6(12)13;;;;;/h5-6,9-12,15-16,18H,7-8,13-14,17H2,1-4H3;4-5,8-11,14-15,17H,6-7,12-13,16H2,1-3H3,(H,28,29);4-11H,12H2,1-3H3;3-10,21H,11H2,1-2H3;1,3-4,6H,5H2,(H,14,16);1-3H,(H,12,13);5*1H4/t18-;17-;;;;;;;;;/m11........./s1. The molecule has 722 valence electrons. The fourth-order valence-corrected chi connectivity index (χ4v) is 13.5. The van der Waals surface area contributed by atoms with Gasteiger partial charge in [-0.2, -0.15) is 26.3 Å². The molecular weight excluding hydrogens is 1740 g/mol. The van der Waals surface area contributed by atoms with Crippen LogP contribution >= 0.6 is 0 Å². The van der Waals surface area contributed by atoms with Crippen LogP contribution in [0.25, 0.3) is 45.6 Å². The minimum atomic E-state index is -4.53. The number of aliphatic carboxylic acids is 1. The van der Waals surface area contributed by atoms with Gasteiger partial charge in [-0.05, 0) is 209 Å². The lowest BCUT2D eigenvalue weighted by Crippen LogP contribution is -2.23. The molecule has 0 unspecified atom stereocenters. The predicted molar refractivity (Wildman–Crippen MR) is 524 cm³/mol. The first kappa shape index (κ1) is 114. The van der Waals surface area contributed by atoms with Crippen molar-refractivity contribution in [1.82, 2.24) is 73.4 Å². The number of halogens is 6. The van der Waals surface area contributed by atoms with Crippen molar-refractivity contribution in [3.05, 3.63) is 328 Å². The molecule has 0 radical (unpaired) electrons. The van der Waals surface area contributed by atoms with Gasteiger partial charge in [0.15, 0.2) is 0 Å². The molecule has 1 amide bonds. The number of hydrogen-bond acceptors (Lipinski definition) is 17. The maximum atomic E-state index is 12.1. The molecule has 0 fully saturated rings. The number of rotatable bonds is 29. The number of carbonyl (C=O) groups excluding carboxylic acids is 2. The number of hydrogen-bond donors (Lipinski definition) is 4. The van der Waals surface area contributed by atoms with Gasteiger partial charge in [0.1, 0.15) is 57.7 Å². The van der Waals surface area contributed by atoms with Gasteiger partial charge in [-0.3, -0.25) is 39.5 Å². The number of imidazole rings is 4. The first-order valence-corrected chi connectivity index (χ1v) is 42.3. The van der Waals surface area contributed by atoms with Crippen molar-refractivity contribution in [3.63, 3.8) is 0 Å². The van der Waals surface area contributed by atoms with Gasteiger partial charge in [0, 0.05) is 166 Å². The van der Waals surface area contributed by atoms with Crippen LogP contribution in [0.2, 0.25) is 0 Å². The fourth-order valence-electron chi connectivity index (χ4n) is 13.5. The number of ether oxygens (including phenoxy) is 2. The summed E-state index contributed by atoms with van der Waals surface area (Å²) in [5.41, 5.74) is 15.7. The topological polar surface area (TPSA) is 308 Å². The van der Waals surface area contributed by atoms with E-state index in [1.807, 2.05) is 189 Å². The highest BCUT2D eigenvalue weighted by Crippen LogP contribution is 2.33. The number of Topliss-reactive ketones (excluding diaryl/α,β-unsaturated/α-hetero) is 1. The Balaban J connectivity index is 0.000000345. The van der Waals surface area contributed by atoms with Crippen LogP contribution in [0, 0.1) is 86.5 Å². The molecular formula is C106H127F6N15O9. The molecule has 0 aliphatic carbocycles. The molecule has 0 saturated carbocycles. The first-order valence-electron chi connectivity index (χ1n) is 42.3. The number of ketones is 1. The molecule has 10 aromatic heterocycles. The SMILES string of the molecule is C.C.C.C.C.C#CCNC(=O)c1ccc(C(F)(F)F)nc1.CC(=O)C[C@H](C)CCCOc1ccccc1Cn1c(C)cnc1-c1ccc(C)nc1.Cc1ccc(-c2ncc(C)n2Cc2ccccc2C)cn1.Cc1ccc(-c2ncc(C)n2Cc2ccccc2O)cn1.Cc1ccc(-c2ncc(C)n2Cc2ccccc2OCCC[C@@H](C)CC(=O)O)cn1.O=C(O)c1ccc(C(F)(F)F)nc1. The Morgan fingerprint density at radius 1 is 0.404 bits per heavy atom. The van der Waals surface area contributed by atoms with Gasteiger partial charge in [-0.15, -0.1) is 6.42 Å². The molecule has 2 atom stereocenters. The Bertz CT molecular complexity index is 5790. The Morgan fingerprint density at radius 2 is 0.735 bits per heavy atom. The van der Waals surface area contributed by atoms with Crippen molar-refractivity contribution < 1.29 is 70.3 Å². The molecule has 0 saturated heterocycles. The van der Waals surface area contributed by atoms with Gasteiger partial charge >= 0.3 is 24.3 Å². The third-order valence-corrected chi connectivity index (χ3v) is 20.7. The third-order valence-electron chi connectivity index (χ3n) is 20.7. The highest BCUT2D eigenvalue weighted by molar-refractivity contribution is 5.94. The lowest BCUT2D eigenvalue weighted by Gasteiger charge is -2.15. The molecule has 14 rings (SSSR count). The summed E-state index contributed by atoms with van der Waals surface area (Å²) < 4.78 is 93.0. The molecule has 136 heavy (non-hydrogen) atoms. The summed E-state index contributed by atoms with van der Waals surface area (Å²) >= 11 is 0. The lowest BCUT2D eigenvalue weighted by atomic mass is 10.00. The van der Waals surface area contributed by atoms with Crippen LogP contribution in [0.15, 0.2) is 232 Å². The number of aryl methyl sites for hydroxylation is 9. The number of terminal acetylenes is 1. The summed E-state index contributed by atoms with van der Waals surface area (Å²) in [5, 5.41) is 29.5. The Morgan fingerprint density at radius 3 is 1.05 bits per heavy atom. The number of para-hydroxylation sites is 3. The smallest absolute Gasteiger partial charge is 0.433 e. The number of carboxylic acid groups (broad SMARTS) is 2. The third kappa shape index (κ3) is 34.7. The van der Waals surface area contributed by atoms with Crippen molar-refractivity contribution in [1.29, 1.82) is 0 Å². The second-order valence-corrected chi connectivity index (χ2v) is 31.5. The number of pyridine rings is 6. The summed E-state index contributed by atoms with van der Waals surface area (Å²) in [4.78, 5) is 85.4. The Kier molecular flexibility index (Phi) is 46.0. The van der Waals surface area contributed by atoms with Gasteiger partial charge in [0.05, 0.1) is 50.5 Å². The number of aromatic carboxylic acids is 1. The number of alkyl halides is 6. The second-order valence-electron chi connectivity index (χ2n) is 31.5. The molecule has 0 spiro atoms. The molecule has 4 aromatic carbocycles. The maximum Gasteiger partial charge on any atom is 0.433 e. The Hall–Kier alpha value is -14.8. The van der Waals surface area contributed by atoms with Gasteiger partial charge in [-0.25, -0.2) is 24.7 Å². The molecule has 24 nitrogen and oxygen atoms in total. The highest BCUT2D eigenvalue weighted by atomic mass is 19.4. The molecule has 0 aliphatic heterocycles. The van der Waals surface area contributed by atoms with Crippen molar-refractivity contribution in [3.8, 4) is 75.1 Å². The number of phenolic OH excluding ortho intramolecular Hbond substituents is 1. The number of carbonyl (C=O) groups is 4. The monoisotopic (exact) mass is 1870 g/mol. The van der Waals surface area contributed by atoms with Gasteiger partial charge in [-0.1, -0.05) is 136 Å². The van der Waals surface area contributed by atoms with E-state index in [0.29, 0.717) is 63.2 Å². The van der Waals surface area contributed by atoms with Crippen LogP contribution in [0.3, 0.4) is 0 Å². The van der Waals surface area contributed by atoms with E-state index < -0.39 is 41.6 Å². The van der Waals surface area contributed by atoms with Crippen molar-refractivity contribution in [2.75, 3.05) is 19.8 Å². The van der Waals surface area contributed by atoms with E-state index in [1.165, 1.54) is 11.1 Å². The van der Waals surface area contributed by atoms with Gasteiger partial charge < -0.3 is 53.2 Å². The molecule has 10 heterocycles. The zero-order valence-electron chi connectivity index (χ0n) is 75.2. The van der Waals surface area contributed by atoms with E-state index >= 15 is 0 Å². The number of aromatic hydroxyl groups is 1. The normalized spacial score (nSPS) is 10.9. The highest BCUT2D eigenvalue weighted by Gasteiger charge is 2.33. The molecule has 30 heteroatoms. The molecule has 0 aliphatic rings. The van der Waals surface area contributed by atoms with E-state index in [9.17, 15) is 50.6 Å². The number of benzene rings is 4. The summed E-state index contributed by atoms with van der Waals surface area (Å²) in [5.74, 6) is 6.07. The predicted octanol–water partition coefficient (Wildman–Crippen LogP) is 23.9. The number of aromatic nitrogens is 14. The van der Waals surface area contributed by atoms with E-state index in [0.717, 1.165) is 176 Å². The zero-order valence-corrected chi connectivity index (χ0v) is 75.2. The van der Waals surface area contributed by atoms with E-state index in [-0.39, 0.29) is 72.9 Å². The van der Waals surface area contributed by atoms with Crippen LogP contribution in [0.5, 0.6) is 17.2 Å². The number of phenols is 1. The average Bonchev–Trinajstić information content (AvgIpc) is 1.67. The average molecular weight is 1870 g/mol. The van der Waals surface area contributed by atoms with Crippen LogP contribution < -0.4 is 14.8 Å². The summed E-state index contributed by atoms with van der Waals surface area (Å²) in [6.45, 7) is 28.0. The number of nitrogens with zero attached hydrogens (tertiary/aromatic N) is 14. The fraction of sp³-hybridized carbons (Fsp3) is 0.321. The van der Waals surface area contributed by atoms with Crippen LogP contribution in [-0.4, -0.2) is 127 Å². The van der Waals surface area contributed by atoms with E-state index in [4.69, 9.17) is 26.1 Å². The van der Waals surface area contributed by atoms with Crippen LogP contribution in [-0.2, 0) is 48.1 Å².